The SMILES string of the molecule is CS(=O)(=O)OC1=CCN([C@@H]2C[C@H]3OCC[C@@]3(C(=O)N3CCc4ncc(C(F)(F)F)cc4C3)C2)CC1. The highest BCUT2D eigenvalue weighted by atomic mass is 32.2. The maximum Gasteiger partial charge on any atom is 0.417 e. The summed E-state index contributed by atoms with van der Waals surface area (Å²) >= 11 is 0. The standard InChI is InChI=1S/C23H28F3N3O5S/c1-35(31,32)34-18-2-6-28(7-3-18)17-11-20-22(12-17,5-9-33-20)21(30)29-8-4-19-15(14-29)10-16(13-27-19)23(24,25)26/h2,10,13,17,20H,3-9,11-12,14H2,1H3/t17-,20-,22-/m1/s1. The van der Waals surface area contributed by atoms with Crippen LogP contribution in [0.2, 0.25) is 0 Å². The second-order valence-electron chi connectivity index (χ2n) is 9.87. The second kappa shape index (κ2) is 8.74. The largest absolute Gasteiger partial charge is 0.417 e. The van der Waals surface area contributed by atoms with Gasteiger partial charge in [0.25, 0.3) is 0 Å². The van der Waals surface area contributed by atoms with Crippen LogP contribution in [0.1, 0.15) is 42.5 Å². The highest BCUT2D eigenvalue weighted by Gasteiger charge is 2.58. The Labute approximate surface area is 202 Å². The second-order valence-corrected chi connectivity index (χ2v) is 11.4. The summed E-state index contributed by atoms with van der Waals surface area (Å²) in [5, 5.41) is 0. The van der Waals surface area contributed by atoms with Crippen LogP contribution in [-0.2, 0) is 43.0 Å². The Hall–Kier alpha value is -2.18. The number of nitrogens with zero attached hydrogens (tertiary/aromatic N) is 3. The van der Waals surface area contributed by atoms with Crippen LogP contribution in [0.4, 0.5) is 13.2 Å². The Kier molecular flexibility index (Phi) is 6.12. The lowest BCUT2D eigenvalue weighted by atomic mass is 9.80. The van der Waals surface area contributed by atoms with Gasteiger partial charge in [-0.25, -0.2) is 0 Å². The summed E-state index contributed by atoms with van der Waals surface area (Å²) in [4.78, 5) is 21.7. The molecule has 192 valence electrons. The first kappa shape index (κ1) is 24.5. The molecule has 4 aliphatic rings. The number of carbonyl (C=O) groups is 1. The maximum absolute atomic E-state index is 13.8. The Morgan fingerprint density at radius 3 is 2.77 bits per heavy atom. The zero-order valence-electron chi connectivity index (χ0n) is 19.4. The van der Waals surface area contributed by atoms with Crippen molar-refractivity contribution in [1.82, 2.24) is 14.8 Å². The lowest BCUT2D eigenvalue weighted by Gasteiger charge is -2.37. The van der Waals surface area contributed by atoms with E-state index in [-0.39, 0.29) is 24.6 Å². The smallest absolute Gasteiger partial charge is 0.387 e. The molecule has 3 atom stereocenters. The Morgan fingerprint density at radius 2 is 2.09 bits per heavy atom. The van der Waals surface area contributed by atoms with E-state index < -0.39 is 27.3 Å². The number of rotatable bonds is 4. The summed E-state index contributed by atoms with van der Waals surface area (Å²) in [6, 6.07) is 1.20. The monoisotopic (exact) mass is 515 g/mol. The average molecular weight is 516 g/mol. The number of pyridine rings is 1. The van der Waals surface area contributed by atoms with Crippen LogP contribution >= 0.6 is 0 Å². The van der Waals surface area contributed by atoms with E-state index in [4.69, 9.17) is 8.92 Å². The highest BCUT2D eigenvalue weighted by molar-refractivity contribution is 7.86. The van der Waals surface area contributed by atoms with Crippen LogP contribution in [0.3, 0.4) is 0 Å². The molecule has 0 spiro atoms. The number of hydrogen-bond acceptors (Lipinski definition) is 7. The molecule has 4 heterocycles. The summed E-state index contributed by atoms with van der Waals surface area (Å²) in [6.45, 7) is 2.16. The molecule has 12 heteroatoms. The van der Waals surface area contributed by atoms with Gasteiger partial charge in [0.05, 0.1) is 23.3 Å². The molecule has 1 aromatic heterocycles. The van der Waals surface area contributed by atoms with Crippen LogP contribution < -0.4 is 0 Å². The van der Waals surface area contributed by atoms with Gasteiger partial charge in [-0.2, -0.15) is 21.6 Å². The van der Waals surface area contributed by atoms with Crippen molar-refractivity contribution >= 4 is 16.0 Å². The Bertz CT molecular complexity index is 1160. The number of alkyl halides is 3. The lowest BCUT2D eigenvalue weighted by Crippen LogP contribution is -2.48. The molecule has 3 aliphatic heterocycles. The lowest BCUT2D eigenvalue weighted by molar-refractivity contribution is -0.145. The van der Waals surface area contributed by atoms with Crippen molar-refractivity contribution in [1.29, 1.82) is 0 Å². The average Bonchev–Trinajstić information content (AvgIpc) is 3.35. The third-order valence-electron chi connectivity index (χ3n) is 7.62. The van der Waals surface area contributed by atoms with Gasteiger partial charge in [-0.15, -0.1) is 0 Å². The molecule has 35 heavy (non-hydrogen) atoms. The number of hydrogen-bond donors (Lipinski definition) is 0. The summed E-state index contributed by atoms with van der Waals surface area (Å²) in [5.41, 5.74) is -0.440. The van der Waals surface area contributed by atoms with Crippen molar-refractivity contribution in [3.05, 3.63) is 40.9 Å². The van der Waals surface area contributed by atoms with Gasteiger partial charge in [0.2, 0.25) is 5.91 Å². The van der Waals surface area contributed by atoms with Gasteiger partial charge in [0.1, 0.15) is 5.76 Å². The maximum atomic E-state index is 13.8. The van der Waals surface area contributed by atoms with Crippen LogP contribution in [0.5, 0.6) is 0 Å². The fourth-order valence-corrected chi connectivity index (χ4v) is 6.47. The minimum Gasteiger partial charge on any atom is -0.387 e. The van der Waals surface area contributed by atoms with Gasteiger partial charge in [-0.05, 0) is 37.0 Å². The van der Waals surface area contributed by atoms with Crippen molar-refractivity contribution < 1.29 is 35.3 Å². The van der Waals surface area contributed by atoms with Crippen molar-refractivity contribution in [2.24, 2.45) is 5.41 Å². The van der Waals surface area contributed by atoms with Crippen molar-refractivity contribution in [3.8, 4) is 0 Å². The molecule has 0 radical (unpaired) electrons. The minimum atomic E-state index is -4.48. The zero-order valence-corrected chi connectivity index (χ0v) is 20.2. The van der Waals surface area contributed by atoms with E-state index in [0.29, 0.717) is 75.4 Å². The van der Waals surface area contributed by atoms with Crippen LogP contribution in [0.25, 0.3) is 0 Å². The van der Waals surface area contributed by atoms with E-state index in [1.807, 2.05) is 0 Å². The van der Waals surface area contributed by atoms with Gasteiger partial charge in [-0.3, -0.25) is 14.7 Å². The molecule has 1 aliphatic carbocycles. The molecule has 8 nitrogen and oxygen atoms in total. The van der Waals surface area contributed by atoms with Crippen LogP contribution in [0.15, 0.2) is 24.1 Å². The number of ether oxygens (including phenoxy) is 1. The van der Waals surface area contributed by atoms with Gasteiger partial charge >= 0.3 is 16.3 Å². The van der Waals surface area contributed by atoms with Crippen molar-refractivity contribution in [2.75, 3.05) is 32.5 Å². The molecule has 0 aromatic carbocycles. The van der Waals surface area contributed by atoms with Gasteiger partial charge < -0.3 is 13.8 Å². The number of carbonyl (C=O) groups excluding carboxylic acids is 1. The van der Waals surface area contributed by atoms with E-state index in [9.17, 15) is 26.4 Å². The fraction of sp³-hybridized carbons (Fsp3) is 0.652. The predicted molar refractivity (Wildman–Crippen MR) is 118 cm³/mol. The minimum absolute atomic E-state index is 0.0563. The normalized spacial score (nSPS) is 29.5. The van der Waals surface area contributed by atoms with Crippen LogP contribution in [-0.4, -0.2) is 73.8 Å². The molecule has 0 bridgehead atoms. The summed E-state index contributed by atoms with van der Waals surface area (Å²) in [5.74, 6) is 0.377. The molecular formula is C23H28F3N3O5S. The Morgan fingerprint density at radius 1 is 1.29 bits per heavy atom. The van der Waals surface area contributed by atoms with E-state index in [1.54, 1.807) is 11.0 Å². The van der Waals surface area contributed by atoms with Gasteiger partial charge in [-0.1, -0.05) is 0 Å². The number of halogens is 3. The molecule has 0 N–H and O–H groups in total. The van der Waals surface area contributed by atoms with Crippen molar-refractivity contribution in [3.63, 3.8) is 0 Å². The molecule has 2 fully saturated rings. The first-order valence-electron chi connectivity index (χ1n) is 11.7. The topological polar surface area (TPSA) is 89.0 Å². The van der Waals surface area contributed by atoms with Gasteiger partial charge in [0, 0.05) is 63.6 Å². The van der Waals surface area contributed by atoms with E-state index in [0.717, 1.165) is 18.5 Å². The van der Waals surface area contributed by atoms with Crippen LogP contribution in [0, 0.1) is 5.41 Å². The first-order chi connectivity index (χ1) is 16.4. The molecule has 5 rings (SSSR count). The fourth-order valence-electron chi connectivity index (χ4n) is 5.93. The molecule has 1 aromatic rings. The molecule has 0 unspecified atom stereocenters. The third kappa shape index (κ3) is 4.79. The number of fused-ring (bicyclic) bond motifs is 2. The highest BCUT2D eigenvalue weighted by Crippen LogP contribution is 2.50. The first-order valence-corrected chi connectivity index (χ1v) is 13.5. The zero-order chi connectivity index (χ0) is 25.0. The Balaban J connectivity index is 1.30. The number of aromatic nitrogens is 1. The summed E-state index contributed by atoms with van der Waals surface area (Å²) in [6.07, 6.45) is 1.69. The quantitative estimate of drug-likeness (QED) is 0.570. The third-order valence-corrected chi connectivity index (χ3v) is 8.14. The molecule has 1 saturated carbocycles. The number of amides is 1. The van der Waals surface area contributed by atoms with Crippen molar-refractivity contribution in [2.45, 2.75) is 57.0 Å². The molecular weight excluding hydrogens is 487 g/mol. The molecule has 1 amide bonds. The summed E-state index contributed by atoms with van der Waals surface area (Å²) in [7, 11) is -3.56. The van der Waals surface area contributed by atoms with E-state index in [2.05, 4.69) is 9.88 Å². The molecule has 1 saturated heterocycles. The van der Waals surface area contributed by atoms with Gasteiger partial charge in [0.15, 0.2) is 0 Å². The summed E-state index contributed by atoms with van der Waals surface area (Å²) < 4.78 is 73.3. The van der Waals surface area contributed by atoms with E-state index >= 15 is 0 Å². The van der Waals surface area contributed by atoms with E-state index in [1.165, 1.54) is 0 Å². The predicted octanol–water partition coefficient (Wildman–Crippen LogP) is 2.49.